The predicted molar refractivity (Wildman–Crippen MR) is 564 cm³/mol. The Labute approximate surface area is 831 Å². The highest BCUT2D eigenvalue weighted by Gasteiger charge is 2.20. The van der Waals surface area contributed by atoms with Crippen LogP contribution < -0.4 is 0 Å². The zero-order valence-corrected chi connectivity index (χ0v) is 76.6. The molecule has 0 saturated heterocycles. The molecule has 144 heavy (non-hydrogen) atoms. The Kier molecular flexibility index (Phi) is 27.0. The molecule has 0 radical (unpaired) electrons. The van der Waals surface area contributed by atoms with Gasteiger partial charge >= 0.3 is 0 Å². The number of aromatic nitrogens is 9. The van der Waals surface area contributed by atoms with Gasteiger partial charge in [0.1, 0.15) is 24.3 Å². The zero-order chi connectivity index (χ0) is 98.6. The fraction of sp³-hybridized carbons (Fsp3) is 0. The van der Waals surface area contributed by atoms with Gasteiger partial charge in [-0.1, -0.05) is 194 Å². The molecule has 12 aromatic carbocycles. The number of pyridine rings is 9. The second-order valence-electron chi connectivity index (χ2n) is 33.3. The zero-order valence-electron chi connectivity index (χ0n) is 76.6. The molecule has 666 valence electrons. The van der Waals surface area contributed by atoms with Gasteiger partial charge < -0.3 is 0 Å². The quantitative estimate of drug-likeness (QED) is 0.0722. The monoisotopic (exact) mass is 1840 g/mol. The van der Waals surface area contributed by atoms with Crippen LogP contribution in [0.15, 0.2) is 438 Å². The number of hydrogen-bond donors (Lipinski definition) is 0. The van der Waals surface area contributed by atoms with Gasteiger partial charge in [0.05, 0.1) is 99.4 Å². The lowest BCUT2D eigenvalue weighted by Crippen LogP contribution is -1.91. The van der Waals surface area contributed by atoms with Crippen LogP contribution in [-0.2, 0) is 0 Å². The van der Waals surface area contributed by atoms with E-state index in [9.17, 15) is 31.6 Å². The summed E-state index contributed by atoms with van der Waals surface area (Å²) in [6.45, 7) is 22.6. The molecule has 9 aromatic heterocycles. The van der Waals surface area contributed by atoms with Crippen molar-refractivity contribution < 1.29 is 0 Å². The topological polar surface area (TPSA) is 272 Å². The first-order chi connectivity index (χ1) is 70.9. The van der Waals surface area contributed by atoms with E-state index < -0.39 is 0 Å². The molecule has 0 unspecified atom stereocenters. The number of rotatable bonds is 18. The Hall–Kier alpha value is -21.6. The molecule has 0 aliphatic carbocycles. The SMILES string of the molecule is [C-]#[N+]c1cccnc1-c1cccc(-c2cc(-c3cccc(-c4ncccc4C#N)c3)cc(-c3cccc(-c4ncccc4C#N)c3)c2)c1.[C-]#[N+]c1ccnc(-c2cccc(-c3cc(-c4cccc(-c5cc(C#N)ccn5)c4)cc(-c4cccc(-c5cc(C#N)ccn5)c4)c3)c2)c1.[C-]#[N+]c1cnccc1-c1ccc(-c2cc(-c3ccc(-c4ccncc4C#N)cc3)cc(-c3ccc(-c4ccncc4C#N)cc3)c2)cc1. The number of nitriles is 6. The predicted octanol–water partition coefficient (Wildman–Crippen LogP) is 30.5. The highest BCUT2D eigenvalue weighted by Crippen LogP contribution is 2.44. The molecule has 0 N–H and O–H groups in total. The third kappa shape index (κ3) is 20.4. The summed E-state index contributed by atoms with van der Waals surface area (Å²) in [5, 5.41) is 57.5. The summed E-state index contributed by atoms with van der Waals surface area (Å²) < 4.78 is 0. The molecule has 0 aliphatic rings. The van der Waals surface area contributed by atoms with E-state index in [0.29, 0.717) is 67.5 Å². The van der Waals surface area contributed by atoms with Crippen LogP contribution in [-0.4, -0.2) is 44.9 Å². The first kappa shape index (κ1) is 91.5. The molecule has 0 aliphatic heterocycles. The van der Waals surface area contributed by atoms with Gasteiger partial charge in [-0.2, -0.15) is 31.6 Å². The van der Waals surface area contributed by atoms with Crippen LogP contribution >= 0.6 is 0 Å². The largest absolute Gasteiger partial charge is 0.276 e. The summed E-state index contributed by atoms with van der Waals surface area (Å²) >= 11 is 0. The first-order valence-electron chi connectivity index (χ1n) is 45.4. The third-order valence-electron chi connectivity index (χ3n) is 24.5. The maximum Gasteiger partial charge on any atom is 0.212 e. The number of nitrogens with zero attached hydrogens (tertiary/aromatic N) is 18. The van der Waals surface area contributed by atoms with Gasteiger partial charge in [-0.05, 0) is 303 Å². The number of hydrogen-bond acceptors (Lipinski definition) is 15. The smallest absolute Gasteiger partial charge is 0.212 e. The van der Waals surface area contributed by atoms with E-state index in [1.165, 1.54) is 0 Å². The fourth-order valence-electron chi connectivity index (χ4n) is 17.3. The molecular formula is C126H72N18. The minimum atomic E-state index is 0.496. The molecule has 0 bridgehead atoms. The molecular weight excluding hydrogens is 1770 g/mol. The standard InChI is InChI=1S/3C42H24N6/c1-45-42-27-48-19-16-41(42)33-12-6-30(7-13-33)36-21-34(28-2-8-31(9-3-28)39-14-17-46-25-37(39)23-43)20-35(22-36)29-4-10-32(11-5-29)40-15-18-47-26-38(40)24-44;1-45-39-16-7-19-48-42(39)33-13-4-10-30(22-33)38-24-36(28-8-2-11-31(20-28)40-34(26-43)14-5-17-46-40)23-37(25-38)29-9-3-12-32(21-29)41-35(27-44)15-6-18-47-41;1-45-39-13-16-48-42(25-39)35-10-4-7-32(21-35)38-23-36(30-5-2-8-33(19-30)40-17-28(26-43)11-14-46-40)22-37(24-38)31-6-3-9-34(20-31)41-18-29(27-44)12-15-47-41/h2-22,25-27H;2*2-25H. The van der Waals surface area contributed by atoms with Crippen LogP contribution in [0.5, 0.6) is 0 Å². The average molecular weight is 1840 g/mol. The van der Waals surface area contributed by atoms with Gasteiger partial charge in [0.2, 0.25) is 11.4 Å². The molecule has 0 saturated carbocycles. The van der Waals surface area contributed by atoms with E-state index >= 15 is 0 Å². The van der Waals surface area contributed by atoms with Crippen molar-refractivity contribution in [3.63, 3.8) is 0 Å². The van der Waals surface area contributed by atoms with Gasteiger partial charge in [0.25, 0.3) is 0 Å². The van der Waals surface area contributed by atoms with E-state index in [0.717, 1.165) is 184 Å². The van der Waals surface area contributed by atoms with Gasteiger partial charge in [0, 0.05) is 108 Å². The second kappa shape index (κ2) is 42.5. The normalized spacial score (nSPS) is 10.4. The van der Waals surface area contributed by atoms with E-state index in [-0.39, 0.29) is 0 Å². The molecule has 21 aromatic rings. The van der Waals surface area contributed by atoms with Crippen LogP contribution in [0, 0.1) is 87.7 Å². The Morgan fingerprint density at radius 2 is 0.465 bits per heavy atom. The van der Waals surface area contributed by atoms with Crippen molar-refractivity contribution in [1.82, 2.24) is 44.9 Å². The summed E-state index contributed by atoms with van der Waals surface area (Å²) in [6, 6.07) is 133. The Bertz CT molecular complexity index is 8120. The van der Waals surface area contributed by atoms with Gasteiger partial charge in [-0.15, -0.1) is 0 Å². The van der Waals surface area contributed by atoms with E-state index in [1.807, 2.05) is 127 Å². The maximum atomic E-state index is 9.73. The first-order valence-corrected chi connectivity index (χ1v) is 45.4. The molecule has 0 atom stereocenters. The maximum absolute atomic E-state index is 9.73. The average Bonchev–Trinajstić information content (AvgIpc) is 0.787. The van der Waals surface area contributed by atoms with Gasteiger partial charge in [0.15, 0.2) is 5.69 Å². The van der Waals surface area contributed by atoms with Crippen molar-refractivity contribution in [3.05, 3.63) is 506 Å². The molecule has 18 nitrogen and oxygen atoms in total. The van der Waals surface area contributed by atoms with Crippen molar-refractivity contribution >= 4 is 17.1 Å². The Balaban J connectivity index is 0.000000137. The van der Waals surface area contributed by atoms with Crippen molar-refractivity contribution in [2.45, 2.75) is 0 Å². The van der Waals surface area contributed by atoms with E-state index in [4.69, 9.17) is 19.7 Å². The van der Waals surface area contributed by atoms with Crippen molar-refractivity contribution in [3.8, 4) is 237 Å². The highest BCUT2D eigenvalue weighted by molar-refractivity contribution is 5.91. The van der Waals surface area contributed by atoms with Crippen LogP contribution in [0.1, 0.15) is 33.4 Å². The van der Waals surface area contributed by atoms with Crippen molar-refractivity contribution in [2.75, 3.05) is 0 Å². The van der Waals surface area contributed by atoms with Crippen LogP contribution in [0.2, 0.25) is 0 Å². The van der Waals surface area contributed by atoms with Crippen molar-refractivity contribution in [2.24, 2.45) is 0 Å². The second-order valence-corrected chi connectivity index (χ2v) is 33.3. The highest BCUT2D eigenvalue weighted by atomic mass is 14.8. The summed E-state index contributed by atoms with van der Waals surface area (Å²) in [6.07, 6.45) is 19.9. The number of benzene rings is 12. The molecule has 21 rings (SSSR count). The molecule has 9 heterocycles. The van der Waals surface area contributed by atoms with E-state index in [1.54, 1.807) is 147 Å². The van der Waals surface area contributed by atoms with E-state index in [2.05, 4.69) is 260 Å². The minimum Gasteiger partial charge on any atom is -0.276 e. The van der Waals surface area contributed by atoms with Crippen LogP contribution in [0.4, 0.5) is 17.1 Å². The summed E-state index contributed by atoms with van der Waals surface area (Å²) in [4.78, 5) is 50.3. The van der Waals surface area contributed by atoms with Crippen LogP contribution in [0.3, 0.4) is 0 Å². The molecule has 18 heteroatoms. The van der Waals surface area contributed by atoms with Crippen LogP contribution in [0.25, 0.3) is 216 Å². The van der Waals surface area contributed by atoms with Gasteiger partial charge in [-0.25, -0.2) is 14.5 Å². The van der Waals surface area contributed by atoms with Gasteiger partial charge in [-0.3, -0.25) is 44.9 Å². The lowest BCUT2D eigenvalue weighted by atomic mass is 9.91. The lowest BCUT2D eigenvalue weighted by Gasteiger charge is -2.14. The molecule has 0 amide bonds. The van der Waals surface area contributed by atoms with Crippen molar-refractivity contribution in [1.29, 1.82) is 31.6 Å². The minimum absolute atomic E-state index is 0.496. The molecule has 0 spiro atoms. The summed E-state index contributed by atoms with van der Waals surface area (Å²) in [5.74, 6) is 0. The summed E-state index contributed by atoms with van der Waals surface area (Å²) in [7, 11) is 0. The Morgan fingerprint density at radius 1 is 0.181 bits per heavy atom. The Morgan fingerprint density at radius 3 is 0.819 bits per heavy atom. The lowest BCUT2D eigenvalue weighted by molar-refractivity contribution is 1.30. The molecule has 0 fully saturated rings. The fourth-order valence-corrected chi connectivity index (χ4v) is 17.3. The third-order valence-corrected chi connectivity index (χ3v) is 24.5. The summed E-state index contributed by atoms with van der Waals surface area (Å²) in [5.41, 5.74) is 37.7.